The first-order chi connectivity index (χ1) is 9.96. The molecule has 21 heavy (non-hydrogen) atoms. The van der Waals surface area contributed by atoms with Crippen molar-refractivity contribution in [2.45, 2.75) is 25.2 Å². The molecule has 0 aliphatic carbocycles. The standard InChI is InChI=1S/C15H18N2O3S/c1-4-12-10-13(8-9-14(12)20-3)21(18,19)17-15-7-5-6-11(2)16-15/h5-10H,4H2,1-3H3,(H,16,17). The van der Waals surface area contributed by atoms with E-state index < -0.39 is 10.0 Å². The van der Waals surface area contributed by atoms with Crippen LogP contribution < -0.4 is 9.46 Å². The fourth-order valence-corrected chi connectivity index (χ4v) is 3.05. The van der Waals surface area contributed by atoms with E-state index >= 15 is 0 Å². The number of anilines is 1. The molecule has 1 aromatic heterocycles. The van der Waals surface area contributed by atoms with Crippen LogP contribution >= 0.6 is 0 Å². The maximum Gasteiger partial charge on any atom is 0.263 e. The Hall–Kier alpha value is -2.08. The van der Waals surface area contributed by atoms with Gasteiger partial charge in [0.05, 0.1) is 12.0 Å². The third-order valence-electron chi connectivity index (χ3n) is 3.07. The molecule has 0 atom stereocenters. The van der Waals surface area contributed by atoms with Crippen LogP contribution in [0.4, 0.5) is 5.82 Å². The maximum absolute atomic E-state index is 12.4. The number of rotatable bonds is 5. The summed E-state index contributed by atoms with van der Waals surface area (Å²) in [7, 11) is -2.09. The maximum atomic E-state index is 12.4. The smallest absolute Gasteiger partial charge is 0.263 e. The molecule has 0 spiro atoms. The zero-order valence-corrected chi connectivity index (χ0v) is 13.1. The Labute approximate surface area is 125 Å². The average Bonchev–Trinajstić information content (AvgIpc) is 2.46. The van der Waals surface area contributed by atoms with Gasteiger partial charge >= 0.3 is 0 Å². The van der Waals surface area contributed by atoms with Crippen molar-refractivity contribution in [1.29, 1.82) is 0 Å². The zero-order chi connectivity index (χ0) is 15.5. The second-order valence-corrected chi connectivity index (χ2v) is 6.28. The summed E-state index contributed by atoms with van der Waals surface area (Å²) in [6.07, 6.45) is 0.690. The number of nitrogens with one attached hydrogen (secondary N) is 1. The quantitative estimate of drug-likeness (QED) is 0.922. The zero-order valence-electron chi connectivity index (χ0n) is 12.3. The molecule has 0 unspecified atom stereocenters. The first-order valence-electron chi connectivity index (χ1n) is 6.59. The van der Waals surface area contributed by atoms with Gasteiger partial charge in [-0.25, -0.2) is 13.4 Å². The minimum atomic E-state index is -3.66. The highest BCUT2D eigenvalue weighted by molar-refractivity contribution is 7.92. The minimum absolute atomic E-state index is 0.198. The van der Waals surface area contributed by atoms with E-state index in [0.717, 1.165) is 11.3 Å². The van der Waals surface area contributed by atoms with Gasteiger partial charge in [-0.3, -0.25) is 4.72 Å². The van der Waals surface area contributed by atoms with Gasteiger partial charge < -0.3 is 4.74 Å². The van der Waals surface area contributed by atoms with E-state index in [0.29, 0.717) is 18.0 Å². The minimum Gasteiger partial charge on any atom is -0.496 e. The third-order valence-corrected chi connectivity index (χ3v) is 4.42. The Balaban J connectivity index is 2.35. The molecule has 0 bridgehead atoms. The highest BCUT2D eigenvalue weighted by Crippen LogP contribution is 2.24. The van der Waals surface area contributed by atoms with E-state index in [-0.39, 0.29) is 4.90 Å². The van der Waals surface area contributed by atoms with Crippen molar-refractivity contribution in [1.82, 2.24) is 4.98 Å². The summed E-state index contributed by atoms with van der Waals surface area (Å²) in [6.45, 7) is 3.75. The van der Waals surface area contributed by atoms with Gasteiger partial charge in [-0.1, -0.05) is 13.0 Å². The van der Waals surface area contributed by atoms with E-state index in [9.17, 15) is 8.42 Å². The lowest BCUT2D eigenvalue weighted by atomic mass is 10.1. The van der Waals surface area contributed by atoms with Crippen LogP contribution in [0.25, 0.3) is 0 Å². The molecule has 0 aliphatic heterocycles. The monoisotopic (exact) mass is 306 g/mol. The highest BCUT2D eigenvalue weighted by Gasteiger charge is 2.16. The Morgan fingerprint density at radius 2 is 2.00 bits per heavy atom. The molecule has 1 aromatic carbocycles. The Morgan fingerprint density at radius 3 is 2.62 bits per heavy atom. The van der Waals surface area contributed by atoms with Crippen LogP contribution in [0.3, 0.4) is 0 Å². The van der Waals surface area contributed by atoms with E-state index in [1.165, 1.54) is 6.07 Å². The molecule has 5 nitrogen and oxygen atoms in total. The molecule has 0 amide bonds. The van der Waals surface area contributed by atoms with Crippen LogP contribution in [0, 0.1) is 6.92 Å². The number of benzene rings is 1. The molecular formula is C15H18N2O3S. The number of ether oxygens (including phenoxy) is 1. The number of aryl methyl sites for hydroxylation is 2. The summed E-state index contributed by atoms with van der Waals surface area (Å²) in [6, 6.07) is 9.99. The summed E-state index contributed by atoms with van der Waals surface area (Å²) in [5.41, 5.74) is 1.59. The average molecular weight is 306 g/mol. The second kappa shape index (κ2) is 6.13. The number of aromatic nitrogens is 1. The number of pyridine rings is 1. The van der Waals surface area contributed by atoms with Crippen molar-refractivity contribution in [3.05, 3.63) is 47.7 Å². The number of methoxy groups -OCH3 is 1. The Morgan fingerprint density at radius 1 is 1.24 bits per heavy atom. The SMILES string of the molecule is CCc1cc(S(=O)(=O)Nc2cccc(C)n2)ccc1OC. The molecule has 0 saturated carbocycles. The van der Waals surface area contributed by atoms with Gasteiger partial charge in [-0.15, -0.1) is 0 Å². The predicted octanol–water partition coefficient (Wildman–Crippen LogP) is 2.76. The van der Waals surface area contributed by atoms with Gasteiger partial charge in [0.15, 0.2) is 0 Å². The van der Waals surface area contributed by atoms with E-state index in [1.54, 1.807) is 44.4 Å². The predicted molar refractivity (Wildman–Crippen MR) is 82.2 cm³/mol. The first kappa shape index (κ1) is 15.3. The lowest BCUT2D eigenvalue weighted by Crippen LogP contribution is -2.14. The lowest BCUT2D eigenvalue weighted by Gasteiger charge is -2.11. The number of hydrogen-bond acceptors (Lipinski definition) is 4. The van der Waals surface area contributed by atoms with Gasteiger partial charge in [0, 0.05) is 5.69 Å². The summed E-state index contributed by atoms with van der Waals surface area (Å²) in [4.78, 5) is 4.34. The van der Waals surface area contributed by atoms with Gasteiger partial charge in [-0.2, -0.15) is 0 Å². The van der Waals surface area contributed by atoms with Crippen LogP contribution in [-0.2, 0) is 16.4 Å². The van der Waals surface area contributed by atoms with Crippen molar-refractivity contribution in [3.63, 3.8) is 0 Å². The molecule has 0 saturated heterocycles. The lowest BCUT2D eigenvalue weighted by molar-refractivity contribution is 0.409. The molecule has 112 valence electrons. The fraction of sp³-hybridized carbons (Fsp3) is 0.267. The van der Waals surface area contributed by atoms with Crippen LogP contribution in [0.5, 0.6) is 5.75 Å². The van der Waals surface area contributed by atoms with Crippen molar-refractivity contribution < 1.29 is 13.2 Å². The van der Waals surface area contributed by atoms with Gasteiger partial charge in [-0.05, 0) is 49.2 Å². The van der Waals surface area contributed by atoms with E-state index in [1.807, 2.05) is 6.92 Å². The summed E-state index contributed by atoms with van der Waals surface area (Å²) < 4.78 is 32.5. The molecule has 2 rings (SSSR count). The molecule has 6 heteroatoms. The van der Waals surface area contributed by atoms with E-state index in [2.05, 4.69) is 9.71 Å². The normalized spacial score (nSPS) is 11.2. The molecule has 0 aliphatic rings. The van der Waals surface area contributed by atoms with Crippen molar-refractivity contribution in [3.8, 4) is 5.75 Å². The van der Waals surface area contributed by atoms with Crippen molar-refractivity contribution >= 4 is 15.8 Å². The summed E-state index contributed by atoms with van der Waals surface area (Å²) in [5, 5.41) is 0. The fourth-order valence-electron chi connectivity index (χ4n) is 1.99. The summed E-state index contributed by atoms with van der Waals surface area (Å²) >= 11 is 0. The Bertz CT molecular complexity index is 742. The van der Waals surface area contributed by atoms with Crippen LogP contribution in [-0.4, -0.2) is 20.5 Å². The molecule has 0 fully saturated rings. The van der Waals surface area contributed by atoms with Crippen LogP contribution in [0.1, 0.15) is 18.2 Å². The molecule has 1 N–H and O–H groups in total. The van der Waals surface area contributed by atoms with Crippen LogP contribution in [0.15, 0.2) is 41.3 Å². The van der Waals surface area contributed by atoms with Crippen LogP contribution in [0.2, 0.25) is 0 Å². The number of nitrogens with zero attached hydrogens (tertiary/aromatic N) is 1. The Kier molecular flexibility index (Phi) is 4.47. The van der Waals surface area contributed by atoms with Gasteiger partial charge in [0.2, 0.25) is 0 Å². The topological polar surface area (TPSA) is 68.3 Å². The third kappa shape index (κ3) is 3.52. The molecule has 2 aromatic rings. The number of hydrogen-bond donors (Lipinski definition) is 1. The van der Waals surface area contributed by atoms with Gasteiger partial charge in [0.1, 0.15) is 11.6 Å². The molecule has 0 radical (unpaired) electrons. The van der Waals surface area contributed by atoms with Crippen molar-refractivity contribution in [2.75, 3.05) is 11.8 Å². The molecule has 1 heterocycles. The van der Waals surface area contributed by atoms with Gasteiger partial charge in [0.25, 0.3) is 10.0 Å². The second-order valence-electron chi connectivity index (χ2n) is 4.60. The summed E-state index contributed by atoms with van der Waals surface area (Å²) in [5.74, 6) is 0.994. The largest absolute Gasteiger partial charge is 0.496 e. The highest BCUT2D eigenvalue weighted by atomic mass is 32.2. The van der Waals surface area contributed by atoms with Crippen molar-refractivity contribution in [2.24, 2.45) is 0 Å². The van der Waals surface area contributed by atoms with E-state index in [4.69, 9.17) is 4.74 Å². The molecular weight excluding hydrogens is 288 g/mol. The number of sulfonamides is 1. The first-order valence-corrected chi connectivity index (χ1v) is 8.08.